The van der Waals surface area contributed by atoms with Crippen LogP contribution in [0.1, 0.15) is 0 Å². The summed E-state index contributed by atoms with van der Waals surface area (Å²) in [4.78, 5) is 20.1. The van der Waals surface area contributed by atoms with Crippen LogP contribution in [-0.2, 0) is 0 Å². The molecule has 0 unspecified atom stereocenters. The van der Waals surface area contributed by atoms with E-state index < -0.39 is 0 Å². The largest absolute Gasteiger partial charge is 0.368 e. The lowest BCUT2D eigenvalue weighted by Gasteiger charge is -1.95. The fourth-order valence-electron chi connectivity index (χ4n) is 1.96. The number of nitrogens with zero attached hydrogens (tertiary/aromatic N) is 6. The second-order valence-electron chi connectivity index (χ2n) is 3.96. The summed E-state index contributed by atoms with van der Waals surface area (Å²) >= 11 is 0. The van der Waals surface area contributed by atoms with Crippen molar-refractivity contribution >= 4 is 22.8 Å². The highest BCUT2D eigenvalue weighted by atomic mass is 15.3. The number of nitrogens with one attached hydrogen (secondary N) is 1. The molecule has 0 aliphatic heterocycles. The molecule has 8 heteroatoms. The van der Waals surface area contributed by atoms with Gasteiger partial charge >= 0.3 is 0 Å². The number of aromatic nitrogens is 7. The van der Waals surface area contributed by atoms with E-state index in [0.29, 0.717) is 22.6 Å². The molecule has 0 saturated heterocycles. The molecule has 0 aliphatic carbocycles. The molecule has 0 spiro atoms. The normalized spacial score (nSPS) is 11.4. The quantitative estimate of drug-likeness (QED) is 0.514. The van der Waals surface area contributed by atoms with Gasteiger partial charge < -0.3 is 10.7 Å². The van der Waals surface area contributed by atoms with Gasteiger partial charge in [-0.15, -0.1) is 0 Å². The smallest absolute Gasteiger partial charge is 0.225 e. The van der Waals surface area contributed by atoms with Gasteiger partial charge in [0.15, 0.2) is 17.1 Å². The predicted molar refractivity (Wildman–Crippen MR) is 68.1 cm³/mol. The monoisotopic (exact) mass is 252 g/mol. The Bertz CT molecular complexity index is 876. The van der Waals surface area contributed by atoms with Gasteiger partial charge in [-0.25, -0.2) is 9.97 Å². The van der Waals surface area contributed by atoms with Crippen molar-refractivity contribution in [2.75, 3.05) is 5.73 Å². The Kier molecular flexibility index (Phi) is 1.82. The van der Waals surface area contributed by atoms with Crippen molar-refractivity contribution in [3.63, 3.8) is 0 Å². The zero-order chi connectivity index (χ0) is 12.8. The molecule has 0 saturated carbocycles. The summed E-state index contributed by atoms with van der Waals surface area (Å²) < 4.78 is 1.46. The van der Waals surface area contributed by atoms with Gasteiger partial charge in [-0.05, 0) is 12.1 Å². The summed E-state index contributed by atoms with van der Waals surface area (Å²) in [7, 11) is 0. The molecule has 4 aromatic heterocycles. The van der Waals surface area contributed by atoms with Crippen LogP contribution in [0.3, 0.4) is 0 Å². The number of hydrogen-bond acceptors (Lipinski definition) is 6. The van der Waals surface area contributed by atoms with Crippen molar-refractivity contribution in [1.82, 2.24) is 34.5 Å². The van der Waals surface area contributed by atoms with Gasteiger partial charge in [0, 0.05) is 6.20 Å². The van der Waals surface area contributed by atoms with Crippen LogP contribution >= 0.6 is 0 Å². The number of pyridine rings is 1. The molecule has 0 amide bonds. The Labute approximate surface area is 106 Å². The first-order valence-electron chi connectivity index (χ1n) is 5.59. The molecule has 4 rings (SSSR count). The minimum absolute atomic E-state index is 0.249. The highest BCUT2D eigenvalue weighted by molar-refractivity contribution is 5.88. The first-order valence-corrected chi connectivity index (χ1v) is 5.59. The summed E-state index contributed by atoms with van der Waals surface area (Å²) in [6, 6.07) is 5.60. The predicted octanol–water partition coefficient (Wildman–Crippen LogP) is 0.645. The number of anilines is 1. The van der Waals surface area contributed by atoms with Crippen molar-refractivity contribution < 1.29 is 0 Å². The van der Waals surface area contributed by atoms with Crippen molar-refractivity contribution in [2.45, 2.75) is 0 Å². The van der Waals surface area contributed by atoms with Crippen LogP contribution in [-0.4, -0.2) is 34.5 Å². The number of nitrogens with two attached hydrogens (primary N) is 1. The Morgan fingerprint density at radius 2 is 2.11 bits per heavy atom. The van der Waals surface area contributed by atoms with E-state index >= 15 is 0 Å². The standard InChI is InChI=1S/C11H8N8/c12-11-18-9-7(10-14-5-15-19(10)11)16-8(17-9)6-3-1-2-4-13-6/h1-5H,(H2,12,18)(H,16,17). The van der Waals surface area contributed by atoms with Crippen LogP contribution in [0.4, 0.5) is 5.95 Å². The minimum atomic E-state index is 0.249. The highest BCUT2D eigenvalue weighted by Gasteiger charge is 2.13. The van der Waals surface area contributed by atoms with Crippen LogP contribution in [0.25, 0.3) is 28.3 Å². The van der Waals surface area contributed by atoms with E-state index in [4.69, 9.17) is 5.73 Å². The Hall–Kier alpha value is -3.03. The first-order chi connectivity index (χ1) is 9.33. The summed E-state index contributed by atoms with van der Waals surface area (Å²) in [5, 5.41) is 4.01. The van der Waals surface area contributed by atoms with Crippen molar-refractivity contribution in [3.05, 3.63) is 30.7 Å². The average molecular weight is 252 g/mol. The molecule has 92 valence electrons. The van der Waals surface area contributed by atoms with E-state index in [1.54, 1.807) is 6.20 Å². The van der Waals surface area contributed by atoms with E-state index in [0.717, 1.165) is 5.69 Å². The van der Waals surface area contributed by atoms with E-state index in [9.17, 15) is 0 Å². The maximum absolute atomic E-state index is 5.79. The molecule has 0 bridgehead atoms. The van der Waals surface area contributed by atoms with Gasteiger partial charge in [0.25, 0.3) is 0 Å². The third kappa shape index (κ3) is 1.36. The lowest BCUT2D eigenvalue weighted by atomic mass is 10.3. The Morgan fingerprint density at radius 3 is 2.95 bits per heavy atom. The van der Waals surface area contributed by atoms with Crippen molar-refractivity contribution in [1.29, 1.82) is 0 Å². The maximum atomic E-state index is 5.79. The molecule has 0 radical (unpaired) electrons. The zero-order valence-corrected chi connectivity index (χ0v) is 9.65. The number of nitrogen functional groups attached to an aromatic ring is 1. The Morgan fingerprint density at radius 1 is 1.16 bits per heavy atom. The lowest BCUT2D eigenvalue weighted by Crippen LogP contribution is -2.02. The molecule has 3 N–H and O–H groups in total. The van der Waals surface area contributed by atoms with E-state index in [2.05, 4.69) is 30.0 Å². The molecule has 0 atom stereocenters. The van der Waals surface area contributed by atoms with Crippen LogP contribution in [0, 0.1) is 0 Å². The molecule has 0 aliphatic rings. The summed E-state index contributed by atoms with van der Waals surface area (Å²) in [5.41, 5.74) is 8.31. The van der Waals surface area contributed by atoms with E-state index in [1.807, 2.05) is 18.2 Å². The number of aromatic amines is 1. The van der Waals surface area contributed by atoms with Gasteiger partial charge in [-0.1, -0.05) is 6.07 Å². The third-order valence-corrected chi connectivity index (χ3v) is 2.80. The lowest BCUT2D eigenvalue weighted by molar-refractivity contribution is 0.948. The van der Waals surface area contributed by atoms with Crippen LogP contribution in [0.2, 0.25) is 0 Å². The fraction of sp³-hybridized carbons (Fsp3) is 0. The topological polar surface area (TPSA) is 111 Å². The number of hydrogen-bond donors (Lipinski definition) is 2. The van der Waals surface area contributed by atoms with Crippen LogP contribution in [0.15, 0.2) is 30.7 Å². The van der Waals surface area contributed by atoms with Crippen molar-refractivity contribution in [3.8, 4) is 11.5 Å². The zero-order valence-electron chi connectivity index (χ0n) is 9.65. The van der Waals surface area contributed by atoms with E-state index in [-0.39, 0.29) is 5.95 Å². The average Bonchev–Trinajstić information content (AvgIpc) is 3.05. The Balaban J connectivity index is 2.06. The fourth-order valence-corrected chi connectivity index (χ4v) is 1.96. The van der Waals surface area contributed by atoms with E-state index in [1.165, 1.54) is 10.8 Å². The molecular weight excluding hydrogens is 244 g/mol. The maximum Gasteiger partial charge on any atom is 0.225 e. The molecule has 0 fully saturated rings. The van der Waals surface area contributed by atoms with Crippen LogP contribution in [0.5, 0.6) is 0 Å². The SMILES string of the molecule is Nc1nc2nc(-c3ccccn3)[nH]c2c2ncnn12. The number of H-pyrrole nitrogens is 1. The number of fused-ring (bicyclic) bond motifs is 3. The second kappa shape index (κ2) is 3.48. The minimum Gasteiger partial charge on any atom is -0.368 e. The molecular formula is C11H8N8. The molecule has 8 nitrogen and oxygen atoms in total. The van der Waals surface area contributed by atoms with Crippen LogP contribution < -0.4 is 5.73 Å². The highest BCUT2D eigenvalue weighted by Crippen LogP contribution is 2.20. The van der Waals surface area contributed by atoms with Gasteiger partial charge in [0.1, 0.15) is 17.5 Å². The van der Waals surface area contributed by atoms with Crippen molar-refractivity contribution in [2.24, 2.45) is 0 Å². The van der Waals surface area contributed by atoms with Gasteiger partial charge in [0.05, 0.1) is 0 Å². The summed E-state index contributed by atoms with van der Waals surface area (Å²) in [5.74, 6) is 0.873. The summed E-state index contributed by atoms with van der Waals surface area (Å²) in [6.45, 7) is 0. The van der Waals surface area contributed by atoms with Gasteiger partial charge in [-0.3, -0.25) is 4.98 Å². The second-order valence-corrected chi connectivity index (χ2v) is 3.96. The molecule has 4 heterocycles. The number of imidazole rings is 1. The first kappa shape index (κ1) is 9.95. The molecule has 19 heavy (non-hydrogen) atoms. The van der Waals surface area contributed by atoms with Gasteiger partial charge in [0.2, 0.25) is 5.95 Å². The molecule has 0 aromatic carbocycles. The third-order valence-electron chi connectivity index (χ3n) is 2.80. The summed E-state index contributed by atoms with van der Waals surface area (Å²) in [6.07, 6.45) is 3.13. The van der Waals surface area contributed by atoms with Gasteiger partial charge in [-0.2, -0.15) is 14.6 Å². The number of rotatable bonds is 1. The molecule has 4 aromatic rings.